The van der Waals surface area contributed by atoms with Gasteiger partial charge in [-0.1, -0.05) is 29.8 Å². The zero-order valence-electron chi connectivity index (χ0n) is 11.9. The predicted octanol–water partition coefficient (Wildman–Crippen LogP) is 3.92. The molecular formula is C17H14ClNO3. The molecule has 112 valence electrons. The van der Waals surface area contributed by atoms with Gasteiger partial charge in [-0.05, 0) is 35.9 Å². The number of esters is 1. The van der Waals surface area contributed by atoms with Crippen LogP contribution in [0, 0.1) is 0 Å². The van der Waals surface area contributed by atoms with E-state index in [1.807, 2.05) is 6.07 Å². The van der Waals surface area contributed by atoms with Crippen molar-refractivity contribution >= 4 is 35.2 Å². The van der Waals surface area contributed by atoms with Crippen molar-refractivity contribution in [2.75, 3.05) is 5.32 Å². The number of rotatable bonds is 4. The Balaban J connectivity index is 2.01. The van der Waals surface area contributed by atoms with Crippen LogP contribution in [0.3, 0.4) is 0 Å². The monoisotopic (exact) mass is 315 g/mol. The number of benzene rings is 2. The summed E-state index contributed by atoms with van der Waals surface area (Å²) in [5.74, 6) is -0.351. The maximum Gasteiger partial charge on any atom is 0.336 e. The maximum atomic E-state index is 11.8. The minimum absolute atomic E-state index is 0.190. The van der Waals surface area contributed by atoms with Crippen LogP contribution in [-0.2, 0) is 9.59 Å². The fourth-order valence-corrected chi connectivity index (χ4v) is 1.96. The zero-order valence-corrected chi connectivity index (χ0v) is 12.6. The molecule has 2 rings (SSSR count). The number of amides is 1. The number of carbonyl (C=O) groups is 2. The summed E-state index contributed by atoms with van der Waals surface area (Å²) in [6, 6.07) is 13.7. The summed E-state index contributed by atoms with van der Waals surface area (Å²) in [7, 11) is 0. The van der Waals surface area contributed by atoms with Crippen molar-refractivity contribution in [3.05, 3.63) is 65.2 Å². The molecule has 0 heterocycles. The lowest BCUT2D eigenvalue weighted by molar-refractivity contribution is -0.128. The average Bonchev–Trinajstić information content (AvgIpc) is 2.45. The first-order valence-corrected chi connectivity index (χ1v) is 6.94. The number of ether oxygens (including phenoxy) is 1. The Labute approximate surface area is 133 Å². The van der Waals surface area contributed by atoms with Crippen LogP contribution in [0.15, 0.2) is 54.6 Å². The molecule has 0 radical (unpaired) electrons. The third-order valence-corrected chi connectivity index (χ3v) is 2.87. The highest BCUT2D eigenvalue weighted by atomic mass is 35.5. The van der Waals surface area contributed by atoms with Crippen molar-refractivity contribution < 1.29 is 14.3 Å². The SMILES string of the molecule is CC(=O)Nc1cccc(OC(=O)/C=C/c2cccc(Cl)c2)c1. The molecule has 0 saturated carbocycles. The molecule has 2 aromatic rings. The molecule has 0 saturated heterocycles. The van der Waals surface area contributed by atoms with Crippen LogP contribution < -0.4 is 10.1 Å². The van der Waals surface area contributed by atoms with Crippen LogP contribution in [0.4, 0.5) is 5.69 Å². The normalized spacial score (nSPS) is 10.5. The molecule has 0 aliphatic rings. The van der Waals surface area contributed by atoms with Crippen molar-refractivity contribution in [1.29, 1.82) is 0 Å². The van der Waals surface area contributed by atoms with Gasteiger partial charge in [0.2, 0.25) is 5.91 Å². The van der Waals surface area contributed by atoms with E-state index in [2.05, 4.69) is 5.32 Å². The Morgan fingerprint density at radius 1 is 1.14 bits per heavy atom. The molecule has 5 heteroatoms. The van der Waals surface area contributed by atoms with Crippen molar-refractivity contribution in [1.82, 2.24) is 0 Å². The van der Waals surface area contributed by atoms with E-state index in [1.54, 1.807) is 48.5 Å². The van der Waals surface area contributed by atoms with Gasteiger partial charge < -0.3 is 10.1 Å². The van der Waals surface area contributed by atoms with Gasteiger partial charge in [0.05, 0.1) is 0 Å². The molecule has 1 amide bonds. The first-order chi connectivity index (χ1) is 10.5. The Hall–Kier alpha value is -2.59. The molecule has 0 spiro atoms. The second-order valence-corrected chi connectivity index (χ2v) is 4.95. The lowest BCUT2D eigenvalue weighted by Gasteiger charge is -2.05. The van der Waals surface area contributed by atoms with Crippen molar-refractivity contribution in [2.45, 2.75) is 6.92 Å². The number of anilines is 1. The van der Waals surface area contributed by atoms with Crippen molar-refractivity contribution in [3.8, 4) is 5.75 Å². The number of hydrogen-bond acceptors (Lipinski definition) is 3. The van der Waals surface area contributed by atoms with E-state index < -0.39 is 5.97 Å². The Morgan fingerprint density at radius 3 is 2.64 bits per heavy atom. The van der Waals surface area contributed by atoms with Gasteiger partial charge in [-0.3, -0.25) is 4.79 Å². The van der Waals surface area contributed by atoms with Gasteiger partial charge in [-0.25, -0.2) is 4.79 Å². The van der Waals surface area contributed by atoms with E-state index in [-0.39, 0.29) is 5.91 Å². The van der Waals surface area contributed by atoms with E-state index in [9.17, 15) is 9.59 Å². The highest BCUT2D eigenvalue weighted by molar-refractivity contribution is 6.30. The number of carbonyl (C=O) groups excluding carboxylic acids is 2. The minimum atomic E-state index is -0.514. The summed E-state index contributed by atoms with van der Waals surface area (Å²) in [5.41, 5.74) is 1.37. The van der Waals surface area contributed by atoms with Gasteiger partial charge in [0.1, 0.15) is 5.75 Å². The van der Waals surface area contributed by atoms with Crippen molar-refractivity contribution in [2.24, 2.45) is 0 Å². The number of nitrogens with one attached hydrogen (secondary N) is 1. The quantitative estimate of drug-likeness (QED) is 0.528. The molecule has 0 aliphatic heterocycles. The van der Waals surface area contributed by atoms with Gasteiger partial charge in [0, 0.05) is 29.8 Å². The summed E-state index contributed by atoms with van der Waals surface area (Å²) >= 11 is 5.86. The molecule has 0 atom stereocenters. The van der Waals surface area contributed by atoms with Crippen LogP contribution >= 0.6 is 11.6 Å². The second kappa shape index (κ2) is 7.43. The molecule has 4 nitrogen and oxygen atoms in total. The third-order valence-electron chi connectivity index (χ3n) is 2.63. The van der Waals surface area contributed by atoms with E-state index in [4.69, 9.17) is 16.3 Å². The van der Waals surface area contributed by atoms with Gasteiger partial charge in [0.15, 0.2) is 0 Å². The van der Waals surface area contributed by atoms with E-state index >= 15 is 0 Å². The maximum absolute atomic E-state index is 11.8. The van der Waals surface area contributed by atoms with Crippen LogP contribution in [0.1, 0.15) is 12.5 Å². The summed E-state index contributed by atoms with van der Waals surface area (Å²) < 4.78 is 5.18. The fraction of sp³-hybridized carbons (Fsp3) is 0.0588. The number of hydrogen-bond donors (Lipinski definition) is 1. The molecule has 0 fully saturated rings. The van der Waals surface area contributed by atoms with Gasteiger partial charge in [0.25, 0.3) is 0 Å². The predicted molar refractivity (Wildman–Crippen MR) is 86.9 cm³/mol. The summed E-state index contributed by atoms with van der Waals surface area (Å²) in [4.78, 5) is 22.8. The smallest absolute Gasteiger partial charge is 0.336 e. The summed E-state index contributed by atoms with van der Waals surface area (Å²) in [6.07, 6.45) is 2.93. The lowest BCUT2D eigenvalue weighted by Crippen LogP contribution is -2.07. The molecule has 0 unspecified atom stereocenters. The molecular weight excluding hydrogens is 302 g/mol. The molecule has 2 aromatic carbocycles. The second-order valence-electron chi connectivity index (χ2n) is 4.52. The van der Waals surface area contributed by atoms with Crippen LogP contribution in [-0.4, -0.2) is 11.9 Å². The third kappa shape index (κ3) is 5.07. The Kier molecular flexibility index (Phi) is 5.33. The molecule has 1 N–H and O–H groups in total. The highest BCUT2D eigenvalue weighted by Gasteiger charge is 2.03. The molecule has 0 bridgehead atoms. The van der Waals surface area contributed by atoms with Gasteiger partial charge >= 0.3 is 5.97 Å². The Bertz CT molecular complexity index is 725. The minimum Gasteiger partial charge on any atom is -0.423 e. The van der Waals surface area contributed by atoms with Crippen molar-refractivity contribution in [3.63, 3.8) is 0 Å². The fourth-order valence-electron chi connectivity index (χ4n) is 1.77. The molecule has 22 heavy (non-hydrogen) atoms. The highest BCUT2D eigenvalue weighted by Crippen LogP contribution is 2.18. The lowest BCUT2D eigenvalue weighted by atomic mass is 10.2. The van der Waals surface area contributed by atoms with E-state index in [0.29, 0.717) is 16.5 Å². The molecule has 0 aromatic heterocycles. The summed E-state index contributed by atoms with van der Waals surface area (Å²) in [5, 5.41) is 3.22. The van der Waals surface area contributed by atoms with Gasteiger partial charge in [-0.15, -0.1) is 0 Å². The van der Waals surface area contributed by atoms with Gasteiger partial charge in [-0.2, -0.15) is 0 Å². The first-order valence-electron chi connectivity index (χ1n) is 6.56. The summed E-state index contributed by atoms with van der Waals surface area (Å²) in [6.45, 7) is 1.41. The standard InChI is InChI=1S/C17H14ClNO3/c1-12(20)19-15-6-3-7-16(11-15)22-17(21)9-8-13-4-2-5-14(18)10-13/h2-11H,1H3,(H,19,20)/b9-8+. The van der Waals surface area contributed by atoms with E-state index in [1.165, 1.54) is 13.0 Å². The van der Waals surface area contributed by atoms with E-state index in [0.717, 1.165) is 5.56 Å². The van der Waals surface area contributed by atoms with Crippen LogP contribution in [0.2, 0.25) is 5.02 Å². The van der Waals surface area contributed by atoms with Crippen LogP contribution in [0.5, 0.6) is 5.75 Å². The van der Waals surface area contributed by atoms with Crippen LogP contribution in [0.25, 0.3) is 6.08 Å². The molecule has 0 aliphatic carbocycles. The average molecular weight is 316 g/mol. The largest absolute Gasteiger partial charge is 0.423 e. The first kappa shape index (κ1) is 15.8. The topological polar surface area (TPSA) is 55.4 Å². The number of halogens is 1. The zero-order chi connectivity index (χ0) is 15.9. The Morgan fingerprint density at radius 2 is 1.91 bits per heavy atom.